The maximum atomic E-state index is 12.3. The van der Waals surface area contributed by atoms with Crippen LogP contribution in [0.3, 0.4) is 0 Å². The molecule has 162 valence electrons. The van der Waals surface area contributed by atoms with Gasteiger partial charge < -0.3 is 10.6 Å². The molecule has 0 aliphatic heterocycles. The first-order valence-corrected chi connectivity index (χ1v) is 11.4. The van der Waals surface area contributed by atoms with Crippen molar-refractivity contribution in [3.63, 3.8) is 0 Å². The highest BCUT2D eigenvalue weighted by Gasteiger charge is 2.13. The highest BCUT2D eigenvalue weighted by Crippen LogP contribution is 2.22. The van der Waals surface area contributed by atoms with Gasteiger partial charge in [-0.15, -0.1) is 0 Å². The van der Waals surface area contributed by atoms with Crippen molar-refractivity contribution < 1.29 is 9.59 Å². The van der Waals surface area contributed by atoms with Crippen LogP contribution in [0.15, 0.2) is 83.7 Å². The molecule has 6 nitrogen and oxygen atoms in total. The minimum Gasteiger partial charge on any atom is -0.352 e. The molecule has 0 atom stereocenters. The van der Waals surface area contributed by atoms with Crippen molar-refractivity contribution in [1.29, 1.82) is 0 Å². The van der Waals surface area contributed by atoms with Gasteiger partial charge in [0.05, 0.1) is 12.2 Å². The predicted octanol–water partition coefficient (Wildman–Crippen LogP) is 4.10. The van der Waals surface area contributed by atoms with Gasteiger partial charge in [0.2, 0.25) is 5.91 Å². The van der Waals surface area contributed by atoms with Crippen molar-refractivity contribution >= 4 is 23.2 Å². The van der Waals surface area contributed by atoms with Crippen molar-refractivity contribution in [2.24, 2.45) is 0 Å². The highest BCUT2D eigenvalue weighted by molar-refractivity contribution is 7.08. The van der Waals surface area contributed by atoms with E-state index in [0.29, 0.717) is 25.2 Å². The summed E-state index contributed by atoms with van der Waals surface area (Å²) in [6.07, 6.45) is 2.20. The van der Waals surface area contributed by atoms with Gasteiger partial charge in [0.25, 0.3) is 5.91 Å². The summed E-state index contributed by atoms with van der Waals surface area (Å²) in [7, 11) is 0. The molecule has 2 N–H and O–H groups in total. The minimum atomic E-state index is -0.160. The Morgan fingerprint density at radius 1 is 0.938 bits per heavy atom. The van der Waals surface area contributed by atoms with Gasteiger partial charge in [0.15, 0.2) is 0 Å². The molecule has 0 aliphatic rings. The summed E-state index contributed by atoms with van der Waals surface area (Å²) in [5.74, 6) is -0.280. The Balaban J connectivity index is 1.38. The largest absolute Gasteiger partial charge is 0.352 e. The van der Waals surface area contributed by atoms with Gasteiger partial charge in [-0.2, -0.15) is 16.4 Å². The summed E-state index contributed by atoms with van der Waals surface area (Å²) >= 11 is 1.47. The molecule has 0 bridgehead atoms. The normalized spacial score (nSPS) is 10.6. The average molecular weight is 445 g/mol. The van der Waals surface area contributed by atoms with Crippen molar-refractivity contribution in [3.8, 4) is 11.3 Å². The molecule has 0 fully saturated rings. The molecule has 2 aromatic carbocycles. The summed E-state index contributed by atoms with van der Waals surface area (Å²) in [4.78, 5) is 24.3. The Bertz CT molecular complexity index is 1160. The maximum Gasteiger partial charge on any atom is 0.252 e. The van der Waals surface area contributed by atoms with Gasteiger partial charge in [-0.1, -0.05) is 60.7 Å². The second-order valence-corrected chi connectivity index (χ2v) is 8.13. The number of aromatic nitrogens is 2. The lowest BCUT2D eigenvalue weighted by Gasteiger charge is -2.07. The van der Waals surface area contributed by atoms with Crippen LogP contribution in [0, 0.1) is 0 Å². The SMILES string of the molecule is O=C(CCNC(=O)c1ccsc1)NCc1cn(Cc2ccccc2)nc1-c1ccccc1. The van der Waals surface area contributed by atoms with Crippen molar-refractivity contribution in [2.45, 2.75) is 19.5 Å². The fourth-order valence-corrected chi connectivity index (χ4v) is 3.99. The summed E-state index contributed by atoms with van der Waals surface area (Å²) in [5.41, 5.74) is 4.59. The molecule has 0 saturated heterocycles. The molecular weight excluding hydrogens is 420 g/mol. The van der Waals surface area contributed by atoms with Crippen LogP contribution in [0.5, 0.6) is 0 Å². The van der Waals surface area contributed by atoms with Crippen LogP contribution in [0.4, 0.5) is 0 Å². The number of amides is 2. The molecule has 0 spiro atoms. The number of carbonyl (C=O) groups excluding carboxylic acids is 2. The Morgan fingerprint density at radius 3 is 2.41 bits per heavy atom. The molecule has 0 unspecified atom stereocenters. The van der Waals surface area contributed by atoms with Crippen LogP contribution in [-0.4, -0.2) is 28.1 Å². The summed E-state index contributed by atoms with van der Waals surface area (Å²) in [6, 6.07) is 21.9. The van der Waals surface area contributed by atoms with Gasteiger partial charge >= 0.3 is 0 Å². The van der Waals surface area contributed by atoms with Gasteiger partial charge in [-0.25, -0.2) is 0 Å². The van der Waals surface area contributed by atoms with Crippen LogP contribution in [0.1, 0.15) is 27.9 Å². The molecule has 2 aromatic heterocycles. The summed E-state index contributed by atoms with van der Waals surface area (Å²) in [5, 5.41) is 14.1. The van der Waals surface area contributed by atoms with Gasteiger partial charge in [0.1, 0.15) is 0 Å². The third kappa shape index (κ3) is 5.70. The molecule has 0 saturated carbocycles. The van der Waals surface area contributed by atoms with E-state index in [1.807, 2.05) is 64.8 Å². The summed E-state index contributed by atoms with van der Waals surface area (Å²) in [6.45, 7) is 1.32. The lowest BCUT2D eigenvalue weighted by Crippen LogP contribution is -2.30. The molecule has 4 aromatic rings. The summed E-state index contributed by atoms with van der Waals surface area (Å²) < 4.78 is 1.90. The van der Waals surface area contributed by atoms with Crippen molar-refractivity contribution in [1.82, 2.24) is 20.4 Å². The maximum absolute atomic E-state index is 12.3. The lowest BCUT2D eigenvalue weighted by atomic mass is 10.1. The molecule has 2 heterocycles. The standard InChI is InChI=1S/C25H24N4O2S/c30-23(11-13-26-25(31)21-12-14-32-18-21)27-15-22-17-29(16-19-7-3-1-4-8-19)28-24(22)20-9-5-2-6-10-20/h1-10,12,14,17-18H,11,13,15-16H2,(H,26,31)(H,27,30). The van der Waals surface area contributed by atoms with E-state index in [1.165, 1.54) is 11.3 Å². The number of thiophene rings is 1. The number of nitrogens with zero attached hydrogens (tertiary/aromatic N) is 2. The quantitative estimate of drug-likeness (QED) is 0.408. The molecule has 0 aliphatic carbocycles. The second-order valence-electron chi connectivity index (χ2n) is 7.35. The van der Waals surface area contributed by atoms with Gasteiger partial charge in [-0.3, -0.25) is 14.3 Å². The first-order chi connectivity index (χ1) is 15.7. The molecular formula is C25H24N4O2S. The van der Waals surface area contributed by atoms with Crippen molar-refractivity contribution in [2.75, 3.05) is 6.54 Å². The monoisotopic (exact) mass is 444 g/mol. The molecule has 2 amide bonds. The number of nitrogens with one attached hydrogen (secondary N) is 2. The molecule has 32 heavy (non-hydrogen) atoms. The lowest BCUT2D eigenvalue weighted by molar-refractivity contribution is -0.121. The number of carbonyl (C=O) groups is 2. The Morgan fingerprint density at radius 2 is 1.69 bits per heavy atom. The third-order valence-corrected chi connectivity index (χ3v) is 5.65. The number of benzene rings is 2. The zero-order valence-electron chi connectivity index (χ0n) is 17.5. The van der Waals surface area contributed by atoms with E-state index in [4.69, 9.17) is 5.10 Å². The van der Waals surface area contributed by atoms with E-state index in [-0.39, 0.29) is 18.2 Å². The molecule has 4 rings (SSSR count). The third-order valence-electron chi connectivity index (χ3n) is 4.97. The zero-order chi connectivity index (χ0) is 22.2. The van der Waals surface area contributed by atoms with E-state index in [1.54, 1.807) is 11.4 Å². The minimum absolute atomic E-state index is 0.120. The van der Waals surface area contributed by atoms with Crippen LogP contribution in [0.25, 0.3) is 11.3 Å². The number of hydrogen-bond acceptors (Lipinski definition) is 4. The number of rotatable bonds is 9. The van der Waals surface area contributed by atoms with E-state index >= 15 is 0 Å². The van der Waals surface area contributed by atoms with Crippen LogP contribution >= 0.6 is 11.3 Å². The second kappa shape index (κ2) is 10.5. The topological polar surface area (TPSA) is 76.0 Å². The van der Waals surface area contributed by atoms with E-state index in [2.05, 4.69) is 22.8 Å². The van der Waals surface area contributed by atoms with Crippen LogP contribution in [-0.2, 0) is 17.9 Å². The smallest absolute Gasteiger partial charge is 0.252 e. The first-order valence-electron chi connectivity index (χ1n) is 10.4. The van der Waals surface area contributed by atoms with Crippen molar-refractivity contribution in [3.05, 3.63) is 100 Å². The van der Waals surface area contributed by atoms with Crippen LogP contribution < -0.4 is 10.6 Å². The van der Waals surface area contributed by atoms with E-state index in [9.17, 15) is 9.59 Å². The predicted molar refractivity (Wildman–Crippen MR) is 126 cm³/mol. The van der Waals surface area contributed by atoms with E-state index < -0.39 is 0 Å². The van der Waals surface area contributed by atoms with Crippen LogP contribution in [0.2, 0.25) is 0 Å². The highest BCUT2D eigenvalue weighted by atomic mass is 32.1. The van der Waals surface area contributed by atoms with Gasteiger partial charge in [0, 0.05) is 47.8 Å². The molecule has 0 radical (unpaired) electrons. The zero-order valence-corrected chi connectivity index (χ0v) is 18.3. The van der Waals surface area contributed by atoms with E-state index in [0.717, 1.165) is 22.4 Å². The van der Waals surface area contributed by atoms with Gasteiger partial charge in [-0.05, 0) is 17.0 Å². The Kier molecular flexibility index (Phi) is 7.09. The fourth-order valence-electron chi connectivity index (χ4n) is 3.35. The number of hydrogen-bond donors (Lipinski definition) is 2. The first kappa shape index (κ1) is 21.5. The average Bonchev–Trinajstić information content (AvgIpc) is 3.49. The Labute approximate surface area is 190 Å². The molecule has 7 heteroatoms. The fraction of sp³-hybridized carbons (Fsp3) is 0.160. The Hall–Kier alpha value is -3.71.